The van der Waals surface area contributed by atoms with Gasteiger partial charge in [0.1, 0.15) is 5.03 Å². The topological polar surface area (TPSA) is 89.2 Å². The van der Waals surface area contributed by atoms with Gasteiger partial charge in [0, 0.05) is 18.7 Å². The maximum absolute atomic E-state index is 12.6. The minimum absolute atomic E-state index is 0.180. The molecule has 1 saturated heterocycles. The maximum Gasteiger partial charge on any atom is 0.235 e. The van der Waals surface area contributed by atoms with E-state index in [1.807, 2.05) is 30.0 Å². The van der Waals surface area contributed by atoms with E-state index in [9.17, 15) is 4.79 Å². The summed E-state index contributed by atoms with van der Waals surface area (Å²) in [6, 6.07) is 5.55. The van der Waals surface area contributed by atoms with Gasteiger partial charge in [-0.2, -0.15) is 19.8 Å². The van der Waals surface area contributed by atoms with Crippen molar-refractivity contribution < 1.29 is 4.79 Å². The third kappa shape index (κ3) is 3.39. The first kappa shape index (κ1) is 16.9. The Labute approximate surface area is 155 Å². The predicted octanol–water partition coefficient (Wildman–Crippen LogP) is 2.07. The van der Waals surface area contributed by atoms with Crippen LogP contribution < -0.4 is 0 Å². The molecule has 26 heavy (non-hydrogen) atoms. The van der Waals surface area contributed by atoms with Gasteiger partial charge in [0.2, 0.25) is 5.91 Å². The number of carbonyl (C=O) groups excluding carboxylic acids is 1. The molecule has 9 heteroatoms. The van der Waals surface area contributed by atoms with Crippen molar-refractivity contribution in [2.24, 2.45) is 0 Å². The van der Waals surface area contributed by atoms with Gasteiger partial charge < -0.3 is 4.90 Å². The van der Waals surface area contributed by atoms with E-state index in [1.54, 1.807) is 16.9 Å². The summed E-state index contributed by atoms with van der Waals surface area (Å²) in [5.41, 5.74) is 1.44. The van der Waals surface area contributed by atoms with Gasteiger partial charge in [-0.3, -0.25) is 4.79 Å². The Morgan fingerprint density at radius 3 is 2.73 bits per heavy atom. The van der Waals surface area contributed by atoms with E-state index in [-0.39, 0.29) is 11.2 Å². The SMILES string of the molecule is C[C@@H](Sc1ccc2nnc(-c3ccnnc3)n2n1)C(=O)N1CCCCC1. The van der Waals surface area contributed by atoms with E-state index in [0.717, 1.165) is 36.5 Å². The lowest BCUT2D eigenvalue weighted by atomic mass is 10.1. The van der Waals surface area contributed by atoms with Crippen LogP contribution in [0.15, 0.2) is 35.6 Å². The second-order valence-electron chi connectivity index (χ2n) is 6.24. The number of piperidine rings is 1. The van der Waals surface area contributed by atoms with Gasteiger partial charge in [-0.1, -0.05) is 11.8 Å². The Morgan fingerprint density at radius 1 is 1.12 bits per heavy atom. The summed E-state index contributed by atoms with van der Waals surface area (Å²) in [7, 11) is 0. The molecule has 3 aromatic heterocycles. The molecule has 1 fully saturated rings. The third-order valence-electron chi connectivity index (χ3n) is 4.39. The third-order valence-corrected chi connectivity index (χ3v) is 5.41. The summed E-state index contributed by atoms with van der Waals surface area (Å²) in [4.78, 5) is 14.6. The Bertz CT molecular complexity index is 908. The number of carbonyl (C=O) groups is 1. The van der Waals surface area contributed by atoms with Crippen LogP contribution in [0.25, 0.3) is 17.0 Å². The first-order valence-corrected chi connectivity index (χ1v) is 9.55. The van der Waals surface area contributed by atoms with Crippen molar-refractivity contribution >= 4 is 23.3 Å². The molecule has 1 aliphatic heterocycles. The molecule has 1 aliphatic rings. The number of nitrogens with zero attached hydrogens (tertiary/aromatic N) is 7. The summed E-state index contributed by atoms with van der Waals surface area (Å²) in [5.74, 6) is 0.784. The highest BCUT2D eigenvalue weighted by Gasteiger charge is 2.23. The summed E-state index contributed by atoms with van der Waals surface area (Å²) >= 11 is 1.46. The number of likely N-dealkylation sites (tertiary alicyclic amines) is 1. The van der Waals surface area contributed by atoms with Crippen LogP contribution in [0.2, 0.25) is 0 Å². The molecule has 4 heterocycles. The zero-order valence-corrected chi connectivity index (χ0v) is 15.3. The Morgan fingerprint density at radius 2 is 1.96 bits per heavy atom. The number of aromatic nitrogens is 6. The molecule has 0 spiro atoms. The lowest BCUT2D eigenvalue weighted by Gasteiger charge is -2.28. The molecule has 4 rings (SSSR count). The quantitative estimate of drug-likeness (QED) is 0.650. The molecule has 3 aromatic rings. The Hall–Kier alpha value is -2.55. The number of thioether (sulfide) groups is 1. The minimum Gasteiger partial charge on any atom is -0.342 e. The van der Waals surface area contributed by atoms with Crippen LogP contribution >= 0.6 is 11.8 Å². The van der Waals surface area contributed by atoms with Gasteiger partial charge in [0.25, 0.3) is 0 Å². The molecule has 8 nitrogen and oxygen atoms in total. The van der Waals surface area contributed by atoms with Crippen molar-refractivity contribution in [3.8, 4) is 11.4 Å². The van der Waals surface area contributed by atoms with Crippen molar-refractivity contribution in [3.63, 3.8) is 0 Å². The highest BCUT2D eigenvalue weighted by atomic mass is 32.2. The molecule has 0 radical (unpaired) electrons. The zero-order valence-electron chi connectivity index (χ0n) is 14.4. The second kappa shape index (κ2) is 7.36. The van der Waals surface area contributed by atoms with Crippen molar-refractivity contribution in [2.45, 2.75) is 36.5 Å². The molecule has 134 valence electrons. The van der Waals surface area contributed by atoms with Gasteiger partial charge in [-0.15, -0.1) is 10.2 Å². The summed E-state index contributed by atoms with van der Waals surface area (Å²) in [6.07, 6.45) is 6.63. The van der Waals surface area contributed by atoms with Crippen LogP contribution in [0, 0.1) is 0 Å². The van der Waals surface area contributed by atoms with Crippen molar-refractivity contribution in [2.75, 3.05) is 13.1 Å². The molecule has 0 N–H and O–H groups in total. The van der Waals surface area contributed by atoms with Crippen LogP contribution in [0.1, 0.15) is 26.2 Å². The number of fused-ring (bicyclic) bond motifs is 1. The largest absolute Gasteiger partial charge is 0.342 e. The Kier molecular flexibility index (Phi) is 4.79. The molecular weight excluding hydrogens is 350 g/mol. The number of rotatable bonds is 4. The van der Waals surface area contributed by atoms with E-state index >= 15 is 0 Å². The van der Waals surface area contributed by atoms with Gasteiger partial charge in [0.05, 0.1) is 17.6 Å². The maximum atomic E-state index is 12.6. The van der Waals surface area contributed by atoms with E-state index < -0.39 is 0 Å². The first-order chi connectivity index (χ1) is 12.7. The van der Waals surface area contributed by atoms with Gasteiger partial charge in [-0.25, -0.2) is 0 Å². The van der Waals surface area contributed by atoms with Crippen LogP contribution in [0.4, 0.5) is 0 Å². The normalized spacial score (nSPS) is 16.0. The monoisotopic (exact) mass is 369 g/mol. The van der Waals surface area contributed by atoms with Gasteiger partial charge >= 0.3 is 0 Å². The van der Waals surface area contributed by atoms with E-state index in [0.29, 0.717) is 11.5 Å². The average molecular weight is 369 g/mol. The number of hydrogen-bond acceptors (Lipinski definition) is 7. The summed E-state index contributed by atoms with van der Waals surface area (Å²) in [6.45, 7) is 3.66. The fourth-order valence-corrected chi connectivity index (χ4v) is 3.93. The predicted molar refractivity (Wildman–Crippen MR) is 97.6 cm³/mol. The number of hydrogen-bond donors (Lipinski definition) is 0. The standard InChI is InChI=1S/C17H19N7OS/c1-12(17(25)23-9-3-2-4-10-23)26-15-6-5-14-20-21-16(24(14)22-15)13-7-8-18-19-11-13/h5-8,11-12H,2-4,9-10H2,1H3/t12-/m1/s1. The molecule has 0 unspecified atom stereocenters. The molecule has 0 aromatic carbocycles. The fourth-order valence-electron chi connectivity index (χ4n) is 3.04. The van der Waals surface area contributed by atoms with Crippen LogP contribution in [0.3, 0.4) is 0 Å². The van der Waals surface area contributed by atoms with Crippen molar-refractivity contribution in [1.82, 2.24) is 34.9 Å². The molecule has 0 saturated carbocycles. The molecule has 1 atom stereocenters. The number of amides is 1. The molecule has 1 amide bonds. The van der Waals surface area contributed by atoms with Crippen LogP contribution in [-0.2, 0) is 4.79 Å². The average Bonchev–Trinajstić information content (AvgIpc) is 3.12. The lowest BCUT2D eigenvalue weighted by molar-refractivity contribution is -0.131. The first-order valence-electron chi connectivity index (χ1n) is 8.67. The lowest BCUT2D eigenvalue weighted by Crippen LogP contribution is -2.40. The Balaban J connectivity index is 1.56. The van der Waals surface area contributed by atoms with E-state index in [2.05, 4.69) is 25.5 Å². The summed E-state index contributed by atoms with van der Waals surface area (Å²) < 4.78 is 1.68. The highest BCUT2D eigenvalue weighted by Crippen LogP contribution is 2.25. The van der Waals surface area contributed by atoms with Crippen LogP contribution in [-0.4, -0.2) is 59.2 Å². The minimum atomic E-state index is -0.180. The molecule has 0 bridgehead atoms. The van der Waals surface area contributed by atoms with Crippen molar-refractivity contribution in [1.29, 1.82) is 0 Å². The van der Waals surface area contributed by atoms with Gasteiger partial charge in [0.15, 0.2) is 11.5 Å². The molecular formula is C17H19N7OS. The fraction of sp³-hybridized carbons (Fsp3) is 0.412. The highest BCUT2D eigenvalue weighted by molar-refractivity contribution is 8.00. The smallest absolute Gasteiger partial charge is 0.235 e. The zero-order chi connectivity index (χ0) is 17.9. The summed E-state index contributed by atoms with van der Waals surface area (Å²) in [5, 5.41) is 21.2. The second-order valence-corrected chi connectivity index (χ2v) is 7.60. The van der Waals surface area contributed by atoms with Crippen LogP contribution in [0.5, 0.6) is 0 Å². The molecule has 0 aliphatic carbocycles. The van der Waals surface area contributed by atoms with Gasteiger partial charge in [-0.05, 0) is 44.4 Å². The van der Waals surface area contributed by atoms with E-state index in [4.69, 9.17) is 0 Å². The van der Waals surface area contributed by atoms with E-state index in [1.165, 1.54) is 18.2 Å². The van der Waals surface area contributed by atoms with Crippen molar-refractivity contribution in [3.05, 3.63) is 30.6 Å².